The molecule has 3 rings (SSSR count). The van der Waals surface area contributed by atoms with Crippen molar-refractivity contribution in [2.24, 2.45) is 0 Å². The Labute approximate surface area is 141 Å². The molecule has 0 aliphatic heterocycles. The first-order valence-corrected chi connectivity index (χ1v) is 8.20. The summed E-state index contributed by atoms with van der Waals surface area (Å²) in [5.41, 5.74) is 0.325. The van der Waals surface area contributed by atoms with Crippen molar-refractivity contribution < 1.29 is 9.53 Å². The van der Waals surface area contributed by atoms with Gasteiger partial charge in [0.1, 0.15) is 11.4 Å². The fourth-order valence-electron chi connectivity index (χ4n) is 2.23. The molecule has 0 aromatic carbocycles. The van der Waals surface area contributed by atoms with Gasteiger partial charge in [0.25, 0.3) is 5.56 Å². The fourth-order valence-corrected chi connectivity index (χ4v) is 3.15. The number of ether oxygens (including phenoxy) is 1. The van der Waals surface area contributed by atoms with Crippen LogP contribution in [0.1, 0.15) is 11.8 Å². The summed E-state index contributed by atoms with van der Waals surface area (Å²) in [5.74, 6) is 0.138. The molecule has 0 aliphatic carbocycles. The molecule has 0 fully saturated rings. The summed E-state index contributed by atoms with van der Waals surface area (Å²) >= 11 is 1.50. The third-order valence-corrected chi connectivity index (χ3v) is 4.65. The molecule has 124 valence electrons. The van der Waals surface area contributed by atoms with Gasteiger partial charge in [-0.1, -0.05) is 6.92 Å². The molecule has 3 heterocycles. The summed E-state index contributed by atoms with van der Waals surface area (Å²) in [4.78, 5) is 34.7. The number of amides is 1. The molecule has 0 radical (unpaired) electrons. The number of anilines is 1. The van der Waals surface area contributed by atoms with Crippen LogP contribution in [0.3, 0.4) is 0 Å². The number of methoxy groups -OCH3 is 1. The Morgan fingerprint density at radius 3 is 2.88 bits per heavy atom. The highest BCUT2D eigenvalue weighted by Gasteiger charge is 2.11. The van der Waals surface area contributed by atoms with Gasteiger partial charge >= 0.3 is 0 Å². The van der Waals surface area contributed by atoms with Gasteiger partial charge in [0, 0.05) is 10.9 Å². The predicted octanol–water partition coefficient (Wildman–Crippen LogP) is 2.06. The lowest BCUT2D eigenvalue weighted by Crippen LogP contribution is -2.27. The van der Waals surface area contributed by atoms with E-state index in [2.05, 4.69) is 15.3 Å². The third kappa shape index (κ3) is 3.28. The molecule has 3 aromatic heterocycles. The number of rotatable bonds is 5. The largest absolute Gasteiger partial charge is 0.481 e. The molecule has 0 unspecified atom stereocenters. The van der Waals surface area contributed by atoms with Gasteiger partial charge in [0.05, 0.1) is 30.7 Å². The Morgan fingerprint density at radius 2 is 2.21 bits per heavy atom. The van der Waals surface area contributed by atoms with Crippen LogP contribution in [0.4, 0.5) is 5.69 Å². The summed E-state index contributed by atoms with van der Waals surface area (Å²) in [6.45, 7) is 1.92. The van der Waals surface area contributed by atoms with Gasteiger partial charge in [-0.15, -0.1) is 11.3 Å². The van der Waals surface area contributed by atoms with Gasteiger partial charge in [-0.05, 0) is 18.6 Å². The number of carbonyl (C=O) groups is 1. The topological polar surface area (TPSA) is 86.1 Å². The second-order valence-electron chi connectivity index (χ2n) is 5.10. The van der Waals surface area contributed by atoms with E-state index in [-0.39, 0.29) is 18.0 Å². The first kappa shape index (κ1) is 16.1. The highest BCUT2D eigenvalue weighted by Crippen LogP contribution is 2.21. The molecule has 0 bridgehead atoms. The highest BCUT2D eigenvalue weighted by atomic mass is 32.1. The quantitative estimate of drug-likeness (QED) is 0.766. The Morgan fingerprint density at radius 1 is 1.38 bits per heavy atom. The summed E-state index contributed by atoms with van der Waals surface area (Å²) in [7, 11) is 1.52. The molecule has 0 spiro atoms. The lowest BCUT2D eigenvalue weighted by atomic mass is 10.3. The van der Waals surface area contributed by atoms with Gasteiger partial charge in [0.15, 0.2) is 0 Å². The van der Waals surface area contributed by atoms with Crippen LogP contribution in [0.5, 0.6) is 5.88 Å². The van der Waals surface area contributed by atoms with E-state index >= 15 is 0 Å². The number of pyridine rings is 1. The lowest BCUT2D eigenvalue weighted by Gasteiger charge is -2.07. The molecule has 1 N–H and O–H groups in total. The van der Waals surface area contributed by atoms with Gasteiger partial charge in [-0.2, -0.15) is 0 Å². The summed E-state index contributed by atoms with van der Waals surface area (Å²) in [6.07, 6.45) is 3.76. The van der Waals surface area contributed by atoms with Gasteiger partial charge < -0.3 is 10.1 Å². The van der Waals surface area contributed by atoms with E-state index < -0.39 is 0 Å². The first-order chi connectivity index (χ1) is 11.6. The predicted molar refractivity (Wildman–Crippen MR) is 92.7 cm³/mol. The zero-order valence-electron chi connectivity index (χ0n) is 13.3. The molecule has 0 saturated heterocycles. The van der Waals surface area contributed by atoms with E-state index in [0.717, 1.165) is 11.3 Å². The Bertz CT molecular complexity index is 931. The van der Waals surface area contributed by atoms with Crippen molar-refractivity contribution in [3.63, 3.8) is 0 Å². The van der Waals surface area contributed by atoms with Crippen LogP contribution in [-0.2, 0) is 17.8 Å². The second-order valence-corrected chi connectivity index (χ2v) is 6.22. The second kappa shape index (κ2) is 6.79. The molecule has 0 aliphatic rings. The third-order valence-electron chi connectivity index (χ3n) is 3.46. The zero-order valence-corrected chi connectivity index (χ0v) is 14.1. The van der Waals surface area contributed by atoms with Crippen LogP contribution in [0.2, 0.25) is 0 Å². The van der Waals surface area contributed by atoms with Gasteiger partial charge in [-0.3, -0.25) is 14.2 Å². The Balaban J connectivity index is 1.77. The number of hydrogen-bond acceptors (Lipinski definition) is 6. The summed E-state index contributed by atoms with van der Waals surface area (Å²) < 4.78 is 6.27. The maximum absolute atomic E-state index is 12.4. The van der Waals surface area contributed by atoms with Crippen molar-refractivity contribution >= 4 is 33.1 Å². The molecule has 0 atom stereocenters. The minimum Gasteiger partial charge on any atom is -0.481 e. The number of hydrogen-bond donors (Lipinski definition) is 1. The standard InChI is InChI=1S/C16H16N4O3S/c1-3-11-6-12-15(24-11)18-9-20(16(12)22)8-13(21)19-10-4-5-14(23-2)17-7-10/h4-7,9H,3,8H2,1-2H3,(H,19,21). The lowest BCUT2D eigenvalue weighted by molar-refractivity contribution is -0.116. The van der Waals surface area contributed by atoms with Crippen LogP contribution in [-0.4, -0.2) is 27.6 Å². The van der Waals surface area contributed by atoms with Crippen molar-refractivity contribution in [1.29, 1.82) is 0 Å². The van der Waals surface area contributed by atoms with Crippen LogP contribution in [0.25, 0.3) is 10.2 Å². The Hall–Kier alpha value is -2.74. The minimum atomic E-state index is -0.323. The van der Waals surface area contributed by atoms with Crippen LogP contribution in [0.15, 0.2) is 35.5 Å². The summed E-state index contributed by atoms with van der Waals surface area (Å²) in [6, 6.07) is 5.17. The molecular formula is C16H16N4O3S. The Kier molecular flexibility index (Phi) is 4.57. The smallest absolute Gasteiger partial charge is 0.262 e. The van der Waals surface area contributed by atoms with Crippen LogP contribution >= 0.6 is 11.3 Å². The molecule has 24 heavy (non-hydrogen) atoms. The fraction of sp³-hybridized carbons (Fsp3) is 0.250. The SMILES string of the molecule is CCc1cc2c(=O)n(CC(=O)Nc3ccc(OC)nc3)cnc2s1. The maximum atomic E-state index is 12.4. The van der Waals surface area contributed by atoms with Crippen LogP contribution in [0, 0.1) is 0 Å². The number of thiophene rings is 1. The summed E-state index contributed by atoms with van der Waals surface area (Å²) in [5, 5.41) is 3.25. The number of nitrogens with zero attached hydrogens (tertiary/aromatic N) is 3. The number of fused-ring (bicyclic) bond motifs is 1. The van der Waals surface area contributed by atoms with Crippen molar-refractivity contribution in [2.45, 2.75) is 19.9 Å². The minimum absolute atomic E-state index is 0.106. The number of aromatic nitrogens is 3. The monoisotopic (exact) mass is 344 g/mol. The van der Waals surface area contributed by atoms with Crippen molar-refractivity contribution in [2.75, 3.05) is 12.4 Å². The molecule has 0 saturated carbocycles. The highest BCUT2D eigenvalue weighted by molar-refractivity contribution is 7.18. The number of aryl methyl sites for hydroxylation is 1. The average Bonchev–Trinajstić information content (AvgIpc) is 3.02. The molecule has 3 aromatic rings. The maximum Gasteiger partial charge on any atom is 0.262 e. The average molecular weight is 344 g/mol. The number of nitrogens with one attached hydrogen (secondary N) is 1. The van der Waals surface area contributed by atoms with Gasteiger partial charge in [0.2, 0.25) is 11.8 Å². The van der Waals surface area contributed by atoms with Gasteiger partial charge in [-0.25, -0.2) is 9.97 Å². The van der Waals surface area contributed by atoms with Crippen molar-refractivity contribution in [1.82, 2.24) is 14.5 Å². The van der Waals surface area contributed by atoms with Crippen LogP contribution < -0.4 is 15.6 Å². The molecule has 8 heteroatoms. The molecular weight excluding hydrogens is 328 g/mol. The zero-order chi connectivity index (χ0) is 17.1. The first-order valence-electron chi connectivity index (χ1n) is 7.38. The molecule has 7 nitrogen and oxygen atoms in total. The van der Waals surface area contributed by atoms with E-state index in [1.165, 1.54) is 35.5 Å². The van der Waals surface area contributed by atoms with Crippen molar-refractivity contribution in [3.8, 4) is 5.88 Å². The number of carbonyl (C=O) groups excluding carboxylic acids is 1. The van der Waals surface area contributed by atoms with E-state index in [4.69, 9.17) is 4.74 Å². The van der Waals surface area contributed by atoms with E-state index in [1.54, 1.807) is 12.1 Å². The van der Waals surface area contributed by atoms with Crippen molar-refractivity contribution in [3.05, 3.63) is 46.0 Å². The van der Waals surface area contributed by atoms with E-state index in [9.17, 15) is 9.59 Å². The molecule has 1 amide bonds. The van der Waals surface area contributed by atoms with E-state index in [1.807, 2.05) is 13.0 Å². The normalized spacial score (nSPS) is 10.8. The van der Waals surface area contributed by atoms with E-state index in [0.29, 0.717) is 21.8 Å².